The lowest BCUT2D eigenvalue weighted by atomic mass is 10.0. The van der Waals surface area contributed by atoms with Crippen molar-refractivity contribution in [2.24, 2.45) is 0 Å². The van der Waals surface area contributed by atoms with E-state index in [4.69, 9.17) is 9.47 Å². The predicted molar refractivity (Wildman–Crippen MR) is 88.0 cm³/mol. The average Bonchev–Trinajstić information content (AvgIpc) is 2.59. The molecule has 22 heavy (non-hydrogen) atoms. The highest BCUT2D eigenvalue weighted by Crippen LogP contribution is 2.49. The molecule has 4 aromatic rings. The first-order valence-electron chi connectivity index (χ1n) is 7.29. The normalized spacial score (nSPS) is 12.4. The van der Waals surface area contributed by atoms with E-state index in [-0.39, 0.29) is 0 Å². The van der Waals surface area contributed by atoms with Crippen LogP contribution < -0.4 is 9.47 Å². The van der Waals surface area contributed by atoms with Gasteiger partial charge in [-0.2, -0.15) is 0 Å². The van der Waals surface area contributed by atoms with Gasteiger partial charge in [0.25, 0.3) is 0 Å². The molecule has 0 aliphatic carbocycles. The van der Waals surface area contributed by atoms with E-state index in [1.807, 2.05) is 30.3 Å². The lowest BCUT2D eigenvalue weighted by Gasteiger charge is -2.22. The summed E-state index contributed by atoms with van der Waals surface area (Å²) in [6.45, 7) is 0. The molecular weight excluding hydrogens is 272 g/mol. The van der Waals surface area contributed by atoms with Crippen LogP contribution in [0.1, 0.15) is 0 Å². The fourth-order valence-corrected chi connectivity index (χ4v) is 3.07. The monoisotopic (exact) mass is 284 g/mol. The summed E-state index contributed by atoms with van der Waals surface area (Å²) >= 11 is 0. The fraction of sp³-hybridized carbons (Fsp3) is 0. The standard InChI is InChI=1S/C20H12O2/c1-2-6-14-13(5-1)9-10-16-15(14)11-12-19-20(16)22-18-8-4-3-7-17(18)21-19/h1-12H. The Morgan fingerprint density at radius 2 is 1.18 bits per heavy atom. The summed E-state index contributed by atoms with van der Waals surface area (Å²) in [4.78, 5) is 0. The molecular formula is C20H12O2. The van der Waals surface area contributed by atoms with Gasteiger partial charge in [-0.15, -0.1) is 0 Å². The summed E-state index contributed by atoms with van der Waals surface area (Å²) in [7, 11) is 0. The second-order valence-electron chi connectivity index (χ2n) is 5.43. The van der Waals surface area contributed by atoms with Crippen molar-refractivity contribution in [3.63, 3.8) is 0 Å². The minimum atomic E-state index is 0.759. The van der Waals surface area contributed by atoms with Crippen molar-refractivity contribution < 1.29 is 9.47 Å². The van der Waals surface area contributed by atoms with Gasteiger partial charge in [-0.3, -0.25) is 0 Å². The molecule has 4 aromatic carbocycles. The second kappa shape index (κ2) is 4.25. The maximum atomic E-state index is 6.11. The Hall–Kier alpha value is -3.00. The number of hydrogen-bond acceptors (Lipinski definition) is 2. The summed E-state index contributed by atoms with van der Waals surface area (Å²) in [6, 6.07) is 24.5. The Morgan fingerprint density at radius 1 is 0.455 bits per heavy atom. The van der Waals surface area contributed by atoms with Gasteiger partial charge in [-0.25, -0.2) is 0 Å². The molecule has 1 aliphatic rings. The Balaban J connectivity index is 1.82. The third-order valence-corrected chi connectivity index (χ3v) is 4.12. The van der Waals surface area contributed by atoms with Crippen LogP contribution in [0.4, 0.5) is 0 Å². The SMILES string of the molecule is c1ccc2c(c1)Oc1ccc3c(ccc4ccccc43)c1O2. The molecule has 0 aromatic heterocycles. The van der Waals surface area contributed by atoms with E-state index >= 15 is 0 Å². The lowest BCUT2D eigenvalue weighted by Crippen LogP contribution is -1.99. The van der Waals surface area contributed by atoms with Crippen LogP contribution >= 0.6 is 0 Å². The summed E-state index contributed by atoms with van der Waals surface area (Å²) in [5.74, 6) is 3.08. The van der Waals surface area contributed by atoms with Crippen molar-refractivity contribution in [3.8, 4) is 23.0 Å². The molecule has 0 atom stereocenters. The van der Waals surface area contributed by atoms with E-state index in [9.17, 15) is 0 Å². The fourth-order valence-electron chi connectivity index (χ4n) is 3.07. The minimum Gasteiger partial charge on any atom is -0.449 e. The van der Waals surface area contributed by atoms with Gasteiger partial charge in [0.1, 0.15) is 0 Å². The highest BCUT2D eigenvalue weighted by Gasteiger charge is 2.20. The van der Waals surface area contributed by atoms with Gasteiger partial charge in [0, 0.05) is 5.39 Å². The molecule has 0 bridgehead atoms. The topological polar surface area (TPSA) is 18.5 Å². The van der Waals surface area contributed by atoms with E-state index in [1.54, 1.807) is 0 Å². The molecule has 0 unspecified atom stereocenters. The van der Waals surface area contributed by atoms with Gasteiger partial charge in [-0.1, -0.05) is 42.5 Å². The quantitative estimate of drug-likeness (QED) is 0.330. The third kappa shape index (κ3) is 1.55. The number of hydrogen-bond donors (Lipinski definition) is 0. The summed E-state index contributed by atoms with van der Waals surface area (Å²) in [6.07, 6.45) is 0. The Morgan fingerprint density at radius 3 is 2.09 bits per heavy atom. The summed E-state index contributed by atoms with van der Waals surface area (Å²) in [5.41, 5.74) is 0. The molecule has 2 nitrogen and oxygen atoms in total. The van der Waals surface area contributed by atoms with E-state index in [0.717, 1.165) is 28.4 Å². The van der Waals surface area contributed by atoms with Crippen molar-refractivity contribution in [1.82, 2.24) is 0 Å². The molecule has 2 heteroatoms. The molecule has 0 spiro atoms. The zero-order valence-electron chi connectivity index (χ0n) is 11.7. The van der Waals surface area contributed by atoms with Gasteiger partial charge < -0.3 is 9.47 Å². The molecule has 104 valence electrons. The first-order valence-corrected chi connectivity index (χ1v) is 7.29. The molecule has 0 amide bonds. The molecule has 0 N–H and O–H groups in total. The van der Waals surface area contributed by atoms with Crippen molar-refractivity contribution >= 4 is 21.5 Å². The van der Waals surface area contributed by atoms with Gasteiger partial charge in [-0.05, 0) is 46.5 Å². The molecule has 0 radical (unpaired) electrons. The molecule has 1 aliphatic heterocycles. The highest BCUT2D eigenvalue weighted by molar-refractivity contribution is 6.10. The third-order valence-electron chi connectivity index (χ3n) is 4.12. The zero-order chi connectivity index (χ0) is 14.5. The first-order chi connectivity index (χ1) is 10.9. The molecule has 0 saturated heterocycles. The van der Waals surface area contributed by atoms with E-state index in [1.165, 1.54) is 16.2 Å². The maximum absolute atomic E-state index is 6.11. The van der Waals surface area contributed by atoms with Gasteiger partial charge in [0.2, 0.25) is 0 Å². The molecule has 1 heterocycles. The lowest BCUT2D eigenvalue weighted by molar-refractivity contribution is 0.363. The average molecular weight is 284 g/mol. The number of para-hydroxylation sites is 2. The number of ether oxygens (including phenoxy) is 2. The zero-order valence-corrected chi connectivity index (χ0v) is 11.7. The second-order valence-corrected chi connectivity index (χ2v) is 5.43. The van der Waals surface area contributed by atoms with Crippen LogP contribution in [-0.2, 0) is 0 Å². The Bertz CT molecular complexity index is 1030. The first kappa shape index (κ1) is 11.6. The van der Waals surface area contributed by atoms with Crippen molar-refractivity contribution in [2.45, 2.75) is 0 Å². The van der Waals surface area contributed by atoms with Crippen LogP contribution in [0.25, 0.3) is 21.5 Å². The van der Waals surface area contributed by atoms with Crippen LogP contribution in [0.3, 0.4) is 0 Å². The summed E-state index contributed by atoms with van der Waals surface area (Å²) < 4.78 is 12.1. The number of fused-ring (bicyclic) bond motifs is 6. The van der Waals surface area contributed by atoms with Crippen LogP contribution in [0.15, 0.2) is 72.8 Å². The van der Waals surface area contributed by atoms with Crippen LogP contribution in [0, 0.1) is 0 Å². The van der Waals surface area contributed by atoms with Crippen LogP contribution in [0.2, 0.25) is 0 Å². The smallest absolute Gasteiger partial charge is 0.177 e. The van der Waals surface area contributed by atoms with E-state index < -0.39 is 0 Å². The Labute approximate surface area is 127 Å². The van der Waals surface area contributed by atoms with E-state index in [2.05, 4.69) is 42.5 Å². The van der Waals surface area contributed by atoms with Crippen LogP contribution in [0.5, 0.6) is 23.0 Å². The van der Waals surface area contributed by atoms with Crippen molar-refractivity contribution in [1.29, 1.82) is 0 Å². The molecule has 0 fully saturated rings. The van der Waals surface area contributed by atoms with Crippen molar-refractivity contribution in [2.75, 3.05) is 0 Å². The van der Waals surface area contributed by atoms with Crippen LogP contribution in [-0.4, -0.2) is 0 Å². The van der Waals surface area contributed by atoms with E-state index in [0.29, 0.717) is 0 Å². The molecule has 5 rings (SSSR count). The predicted octanol–water partition coefficient (Wildman–Crippen LogP) is 5.89. The largest absolute Gasteiger partial charge is 0.449 e. The molecule has 0 saturated carbocycles. The number of benzene rings is 4. The highest BCUT2D eigenvalue weighted by atomic mass is 16.6. The van der Waals surface area contributed by atoms with Gasteiger partial charge in [0.05, 0.1) is 0 Å². The minimum absolute atomic E-state index is 0.759. The number of rotatable bonds is 0. The van der Waals surface area contributed by atoms with Crippen molar-refractivity contribution in [3.05, 3.63) is 72.8 Å². The van der Waals surface area contributed by atoms with Gasteiger partial charge >= 0.3 is 0 Å². The Kier molecular flexibility index (Phi) is 2.25. The van der Waals surface area contributed by atoms with Gasteiger partial charge in [0.15, 0.2) is 23.0 Å². The summed E-state index contributed by atoms with van der Waals surface area (Å²) in [5, 5.41) is 4.71. The maximum Gasteiger partial charge on any atom is 0.177 e.